The minimum Gasteiger partial charge on any atom is -0.388 e. The van der Waals surface area contributed by atoms with Gasteiger partial charge in [0.1, 0.15) is 5.41 Å². The fourth-order valence-corrected chi connectivity index (χ4v) is 5.71. The Bertz CT molecular complexity index is 559. The van der Waals surface area contributed by atoms with Gasteiger partial charge >= 0.3 is 0 Å². The van der Waals surface area contributed by atoms with E-state index in [-0.39, 0.29) is 5.91 Å². The summed E-state index contributed by atoms with van der Waals surface area (Å²) < 4.78 is 0. The van der Waals surface area contributed by atoms with E-state index in [1.165, 1.54) is 0 Å². The number of carbonyl (C=O) groups is 2. The second-order valence-corrected chi connectivity index (χ2v) is 9.69. The van der Waals surface area contributed by atoms with Gasteiger partial charge in [-0.3, -0.25) is 9.59 Å². The van der Waals surface area contributed by atoms with Crippen LogP contribution >= 0.6 is 0 Å². The van der Waals surface area contributed by atoms with Crippen LogP contribution in [0.15, 0.2) is 0 Å². The minimum absolute atomic E-state index is 0.288. The van der Waals surface area contributed by atoms with Crippen molar-refractivity contribution in [3.8, 4) is 0 Å². The number of amides is 2. The fraction of sp³-hybridized carbons (Fsp3) is 0.909. The van der Waals surface area contributed by atoms with Crippen molar-refractivity contribution in [2.24, 2.45) is 11.1 Å². The van der Waals surface area contributed by atoms with Gasteiger partial charge in [-0.1, -0.05) is 44.9 Å². The van der Waals surface area contributed by atoms with Crippen LogP contribution in [-0.4, -0.2) is 50.2 Å². The summed E-state index contributed by atoms with van der Waals surface area (Å²) >= 11 is 0. The highest BCUT2D eigenvalue weighted by atomic mass is 16.3. The number of hydrogen-bond donors (Lipinski definition) is 3. The van der Waals surface area contributed by atoms with Crippen LogP contribution < -0.4 is 5.73 Å². The summed E-state index contributed by atoms with van der Waals surface area (Å²) in [5, 5.41) is 22.8. The summed E-state index contributed by atoms with van der Waals surface area (Å²) in [4.78, 5) is 27.7. The van der Waals surface area contributed by atoms with Gasteiger partial charge < -0.3 is 20.8 Å². The quantitative estimate of drug-likeness (QED) is 0.602. The number of carbonyl (C=O) groups excluding carboxylic acids is 2. The first-order chi connectivity index (χ1) is 13.2. The van der Waals surface area contributed by atoms with E-state index in [9.17, 15) is 19.8 Å². The third kappa shape index (κ3) is 3.58. The summed E-state index contributed by atoms with van der Waals surface area (Å²) in [6.45, 7) is 3.78. The molecule has 160 valence electrons. The Morgan fingerprint density at radius 1 is 0.750 bits per heavy atom. The van der Waals surface area contributed by atoms with Gasteiger partial charge in [0.2, 0.25) is 11.8 Å². The maximum absolute atomic E-state index is 13.7. The Hall–Kier alpha value is -1.14. The van der Waals surface area contributed by atoms with E-state index >= 15 is 0 Å². The summed E-state index contributed by atoms with van der Waals surface area (Å²) in [7, 11) is 0. The van der Waals surface area contributed by atoms with Crippen LogP contribution in [0.4, 0.5) is 0 Å². The van der Waals surface area contributed by atoms with Crippen molar-refractivity contribution >= 4 is 11.8 Å². The number of primary amides is 1. The molecule has 0 heterocycles. The van der Waals surface area contributed by atoms with Crippen molar-refractivity contribution in [3.05, 3.63) is 0 Å². The van der Waals surface area contributed by atoms with Gasteiger partial charge in [0.25, 0.3) is 0 Å². The van der Waals surface area contributed by atoms with Crippen LogP contribution in [0.1, 0.15) is 97.3 Å². The van der Waals surface area contributed by atoms with Crippen LogP contribution in [0, 0.1) is 5.41 Å². The lowest BCUT2D eigenvalue weighted by molar-refractivity contribution is -0.177. The minimum atomic E-state index is -1.17. The van der Waals surface area contributed by atoms with Crippen molar-refractivity contribution in [2.75, 3.05) is 0 Å². The molecule has 0 aromatic carbocycles. The molecule has 0 bridgehead atoms. The van der Waals surface area contributed by atoms with Crippen LogP contribution in [0.25, 0.3) is 0 Å². The predicted octanol–water partition coefficient (Wildman–Crippen LogP) is 2.64. The topological polar surface area (TPSA) is 104 Å². The summed E-state index contributed by atoms with van der Waals surface area (Å²) in [5.41, 5.74) is 2.56. The highest BCUT2D eigenvalue weighted by Crippen LogP contribution is 2.46. The van der Waals surface area contributed by atoms with Crippen molar-refractivity contribution in [1.29, 1.82) is 0 Å². The Morgan fingerprint density at radius 2 is 1.14 bits per heavy atom. The van der Waals surface area contributed by atoms with E-state index in [1.807, 2.05) is 13.8 Å². The monoisotopic (exact) mass is 394 g/mol. The zero-order valence-corrected chi connectivity index (χ0v) is 17.6. The van der Waals surface area contributed by atoms with E-state index in [0.29, 0.717) is 38.5 Å². The Morgan fingerprint density at radius 3 is 1.43 bits per heavy atom. The van der Waals surface area contributed by atoms with Gasteiger partial charge in [0.15, 0.2) is 0 Å². The molecule has 0 aromatic heterocycles. The molecule has 6 nitrogen and oxygen atoms in total. The number of nitrogens with two attached hydrogens (primary N) is 1. The first-order valence-electron chi connectivity index (χ1n) is 11.2. The molecule has 2 unspecified atom stereocenters. The molecule has 4 N–H and O–H groups in total. The molecular formula is C22H38N2O4. The molecule has 0 spiro atoms. The molecule has 3 aliphatic carbocycles. The van der Waals surface area contributed by atoms with Crippen molar-refractivity contribution in [3.63, 3.8) is 0 Å². The van der Waals surface area contributed by atoms with E-state index in [4.69, 9.17) is 5.73 Å². The third-order valence-electron chi connectivity index (χ3n) is 8.15. The molecule has 6 heteroatoms. The highest BCUT2D eigenvalue weighted by molar-refractivity contribution is 6.05. The number of nitrogens with zero attached hydrogens (tertiary/aromatic N) is 1. The largest absolute Gasteiger partial charge is 0.388 e. The third-order valence-corrected chi connectivity index (χ3v) is 8.15. The molecule has 0 radical (unpaired) electrons. The second kappa shape index (κ2) is 7.94. The van der Waals surface area contributed by atoms with E-state index in [1.54, 1.807) is 4.90 Å². The molecule has 3 aliphatic rings. The molecule has 2 atom stereocenters. The van der Waals surface area contributed by atoms with Crippen LogP contribution in [-0.2, 0) is 9.59 Å². The van der Waals surface area contributed by atoms with Crippen LogP contribution in [0.3, 0.4) is 0 Å². The Balaban J connectivity index is 1.95. The molecule has 3 rings (SSSR count). The number of aliphatic hydroxyl groups is 2. The van der Waals surface area contributed by atoms with E-state index in [2.05, 4.69) is 0 Å². The molecule has 3 saturated carbocycles. The molecule has 3 fully saturated rings. The maximum Gasteiger partial charge on any atom is 0.238 e. The molecule has 28 heavy (non-hydrogen) atoms. The zero-order valence-electron chi connectivity index (χ0n) is 17.6. The van der Waals surface area contributed by atoms with Gasteiger partial charge in [-0.15, -0.1) is 0 Å². The summed E-state index contributed by atoms with van der Waals surface area (Å²) in [5.74, 6) is -0.858. The van der Waals surface area contributed by atoms with Gasteiger partial charge in [0, 0.05) is 0 Å². The number of rotatable bonds is 6. The molecule has 0 aliphatic heterocycles. The summed E-state index contributed by atoms with van der Waals surface area (Å²) in [6.07, 6.45) is 10.2. The smallest absolute Gasteiger partial charge is 0.238 e. The molecule has 0 saturated heterocycles. The van der Waals surface area contributed by atoms with Crippen molar-refractivity contribution in [2.45, 2.75) is 121 Å². The molecular weight excluding hydrogens is 356 g/mol. The molecule has 0 aromatic rings. The number of hydrogen-bond acceptors (Lipinski definition) is 4. The van der Waals surface area contributed by atoms with Gasteiger partial charge in [-0.25, -0.2) is 0 Å². The van der Waals surface area contributed by atoms with Crippen LogP contribution in [0.2, 0.25) is 0 Å². The van der Waals surface area contributed by atoms with Gasteiger partial charge in [0.05, 0.1) is 23.3 Å². The Kier molecular flexibility index (Phi) is 6.12. The lowest BCUT2D eigenvalue weighted by Gasteiger charge is -2.53. The fourth-order valence-electron chi connectivity index (χ4n) is 5.71. The first kappa shape index (κ1) is 21.6. The van der Waals surface area contributed by atoms with E-state index < -0.39 is 34.6 Å². The molecule has 2 amide bonds. The normalized spacial score (nSPS) is 27.9. The second-order valence-electron chi connectivity index (χ2n) is 9.69. The van der Waals surface area contributed by atoms with Crippen molar-refractivity contribution in [1.82, 2.24) is 4.90 Å². The SMILES string of the molecule is CC(N(C(=O)C1(C(N)=O)CCC1)C(C)C1(O)CCCCC1)C1(O)CCCCC1. The lowest BCUT2D eigenvalue weighted by atomic mass is 9.65. The van der Waals surface area contributed by atoms with Gasteiger partial charge in [-0.2, -0.15) is 0 Å². The Labute approximate surface area is 168 Å². The standard InChI is InChI=1S/C22H38N2O4/c1-16(21(27)12-5-3-6-13-21)24(17(2)22(28)14-7-4-8-15-22)19(26)20(18(23)25)10-9-11-20/h16-17,27-28H,3-15H2,1-2H3,(H2,23,25). The summed E-state index contributed by atoms with van der Waals surface area (Å²) in [6, 6.07) is -0.920. The van der Waals surface area contributed by atoms with Gasteiger partial charge in [-0.05, 0) is 52.4 Å². The first-order valence-corrected chi connectivity index (χ1v) is 11.2. The van der Waals surface area contributed by atoms with E-state index in [0.717, 1.165) is 44.9 Å². The van der Waals surface area contributed by atoms with Crippen molar-refractivity contribution < 1.29 is 19.8 Å². The maximum atomic E-state index is 13.7. The zero-order chi connectivity index (χ0) is 20.6. The lowest BCUT2D eigenvalue weighted by Crippen LogP contribution is -2.67. The van der Waals surface area contributed by atoms with Crippen LogP contribution in [0.5, 0.6) is 0 Å². The average molecular weight is 395 g/mol. The average Bonchev–Trinajstić information content (AvgIpc) is 2.61. The predicted molar refractivity (Wildman–Crippen MR) is 107 cm³/mol. The highest BCUT2D eigenvalue weighted by Gasteiger charge is 2.56.